The van der Waals surface area contributed by atoms with Gasteiger partial charge in [0.2, 0.25) is 0 Å². The highest BCUT2D eigenvalue weighted by Gasteiger charge is 2.26. The molecule has 1 aliphatic rings. The van der Waals surface area contributed by atoms with Gasteiger partial charge in [0.25, 0.3) is 5.91 Å². The Morgan fingerprint density at radius 3 is 2.48 bits per heavy atom. The number of nitrogens with one attached hydrogen (secondary N) is 1. The van der Waals surface area contributed by atoms with Gasteiger partial charge in [-0.3, -0.25) is 4.79 Å². The molecule has 0 bridgehead atoms. The Balaban J connectivity index is 1.87. The van der Waals surface area contributed by atoms with Gasteiger partial charge >= 0.3 is 5.97 Å². The lowest BCUT2D eigenvalue weighted by Gasteiger charge is -2.30. The third-order valence-corrected chi connectivity index (χ3v) is 5.16. The molecule has 0 aliphatic heterocycles. The molecule has 0 saturated heterocycles. The van der Waals surface area contributed by atoms with Gasteiger partial charge in [-0.1, -0.05) is 19.8 Å². The first-order chi connectivity index (χ1) is 11.0. The summed E-state index contributed by atoms with van der Waals surface area (Å²) < 4.78 is 5.29. The van der Waals surface area contributed by atoms with Crippen molar-refractivity contribution in [1.29, 1.82) is 0 Å². The molecular formula is C18H25NO3S. The number of rotatable bonds is 5. The van der Waals surface area contributed by atoms with Gasteiger partial charge in [-0.15, -0.1) is 11.8 Å². The molecule has 1 N–H and O–H groups in total. The van der Waals surface area contributed by atoms with Gasteiger partial charge < -0.3 is 10.1 Å². The molecule has 4 nitrogen and oxygen atoms in total. The third kappa shape index (κ3) is 4.99. The maximum absolute atomic E-state index is 12.2. The first-order valence-corrected chi connectivity index (χ1v) is 9.39. The molecular weight excluding hydrogens is 310 g/mol. The van der Waals surface area contributed by atoms with Crippen molar-refractivity contribution in [1.82, 2.24) is 5.32 Å². The SMILES string of the molecule is CSc1ccc(C(=O)O[C@H](C)C(=O)N[C@H]2CCCC[C@H]2C)cc1. The molecule has 1 fully saturated rings. The zero-order chi connectivity index (χ0) is 16.8. The van der Waals surface area contributed by atoms with E-state index < -0.39 is 12.1 Å². The molecule has 0 unspecified atom stereocenters. The van der Waals surface area contributed by atoms with Crippen LogP contribution in [0.5, 0.6) is 0 Å². The molecule has 0 aromatic heterocycles. The van der Waals surface area contributed by atoms with E-state index in [0.717, 1.165) is 24.2 Å². The Morgan fingerprint density at radius 1 is 1.22 bits per heavy atom. The van der Waals surface area contributed by atoms with Crippen LogP contribution in [-0.2, 0) is 9.53 Å². The maximum Gasteiger partial charge on any atom is 0.338 e. The first-order valence-electron chi connectivity index (χ1n) is 8.16. The first kappa shape index (κ1) is 17.9. The van der Waals surface area contributed by atoms with E-state index in [2.05, 4.69) is 12.2 Å². The summed E-state index contributed by atoms with van der Waals surface area (Å²) in [5, 5.41) is 3.02. The quantitative estimate of drug-likeness (QED) is 0.659. The summed E-state index contributed by atoms with van der Waals surface area (Å²) >= 11 is 1.61. The summed E-state index contributed by atoms with van der Waals surface area (Å²) in [4.78, 5) is 25.4. The lowest BCUT2D eigenvalue weighted by Crippen LogP contribution is -2.45. The Bertz CT molecular complexity index is 544. The molecule has 1 aromatic rings. The summed E-state index contributed by atoms with van der Waals surface area (Å²) in [6, 6.07) is 7.38. The van der Waals surface area contributed by atoms with Gasteiger partial charge in [0.05, 0.1) is 5.56 Å². The van der Waals surface area contributed by atoms with E-state index in [-0.39, 0.29) is 11.9 Å². The van der Waals surface area contributed by atoms with Crippen LogP contribution in [0.25, 0.3) is 0 Å². The molecule has 1 aliphatic carbocycles. The van der Waals surface area contributed by atoms with Gasteiger partial charge in [-0.05, 0) is 56.2 Å². The van der Waals surface area contributed by atoms with Crippen LogP contribution in [0, 0.1) is 5.92 Å². The Morgan fingerprint density at radius 2 is 1.87 bits per heavy atom. The van der Waals surface area contributed by atoms with Crippen LogP contribution in [0.1, 0.15) is 49.9 Å². The van der Waals surface area contributed by atoms with Crippen molar-refractivity contribution in [2.75, 3.05) is 6.26 Å². The summed E-state index contributed by atoms with van der Waals surface area (Å²) in [7, 11) is 0. The van der Waals surface area contributed by atoms with Crippen molar-refractivity contribution in [3.05, 3.63) is 29.8 Å². The summed E-state index contributed by atoms with van der Waals surface area (Å²) in [5.74, 6) is -0.190. The predicted octanol–water partition coefficient (Wildman–Crippen LogP) is 3.65. The third-order valence-electron chi connectivity index (χ3n) is 4.42. The lowest BCUT2D eigenvalue weighted by atomic mass is 9.86. The average molecular weight is 335 g/mol. The number of hydrogen-bond acceptors (Lipinski definition) is 4. The van der Waals surface area contributed by atoms with Crippen LogP contribution in [0.4, 0.5) is 0 Å². The molecule has 5 heteroatoms. The number of amides is 1. The van der Waals surface area contributed by atoms with Crippen LogP contribution in [0.15, 0.2) is 29.2 Å². The largest absolute Gasteiger partial charge is 0.449 e. The van der Waals surface area contributed by atoms with Gasteiger partial charge in [-0.2, -0.15) is 0 Å². The number of ether oxygens (including phenoxy) is 1. The van der Waals surface area contributed by atoms with Crippen molar-refractivity contribution in [3.63, 3.8) is 0 Å². The Kier molecular flexibility index (Phi) is 6.51. The van der Waals surface area contributed by atoms with Crippen molar-refractivity contribution < 1.29 is 14.3 Å². The molecule has 0 heterocycles. The number of hydrogen-bond donors (Lipinski definition) is 1. The molecule has 1 aromatic carbocycles. The van der Waals surface area contributed by atoms with Gasteiger partial charge in [0.15, 0.2) is 6.10 Å². The molecule has 126 valence electrons. The summed E-state index contributed by atoms with van der Waals surface area (Å²) in [5.41, 5.74) is 0.466. The fourth-order valence-corrected chi connectivity index (χ4v) is 3.25. The zero-order valence-electron chi connectivity index (χ0n) is 14.0. The number of benzene rings is 1. The number of esters is 1. The minimum Gasteiger partial charge on any atom is -0.449 e. The Labute approximate surface area is 142 Å². The second kappa shape index (κ2) is 8.39. The highest BCUT2D eigenvalue weighted by atomic mass is 32.2. The molecule has 3 atom stereocenters. The predicted molar refractivity (Wildman–Crippen MR) is 92.7 cm³/mol. The fraction of sp³-hybridized carbons (Fsp3) is 0.556. The second-order valence-corrected chi connectivity index (χ2v) is 7.03. The normalized spacial score (nSPS) is 22.2. The fourth-order valence-electron chi connectivity index (χ4n) is 2.84. The summed E-state index contributed by atoms with van der Waals surface area (Å²) in [6.45, 7) is 3.78. The van der Waals surface area contributed by atoms with Crippen molar-refractivity contribution in [3.8, 4) is 0 Å². The second-order valence-electron chi connectivity index (χ2n) is 6.15. The smallest absolute Gasteiger partial charge is 0.338 e. The van der Waals surface area contributed by atoms with E-state index in [1.54, 1.807) is 30.8 Å². The topological polar surface area (TPSA) is 55.4 Å². The Hall–Kier alpha value is -1.49. The van der Waals surface area contributed by atoms with Crippen LogP contribution >= 0.6 is 11.8 Å². The van der Waals surface area contributed by atoms with E-state index >= 15 is 0 Å². The van der Waals surface area contributed by atoms with E-state index in [0.29, 0.717) is 11.5 Å². The highest BCUT2D eigenvalue weighted by molar-refractivity contribution is 7.98. The van der Waals surface area contributed by atoms with Crippen molar-refractivity contribution >= 4 is 23.6 Å². The summed E-state index contributed by atoms with van der Waals surface area (Å²) in [6.07, 6.45) is 5.71. The molecule has 0 radical (unpaired) electrons. The molecule has 1 amide bonds. The minimum absolute atomic E-state index is 0.193. The van der Waals surface area contributed by atoms with Crippen molar-refractivity contribution in [2.45, 2.75) is 56.6 Å². The lowest BCUT2D eigenvalue weighted by molar-refractivity contribution is -0.130. The van der Waals surface area contributed by atoms with Gasteiger partial charge in [0, 0.05) is 10.9 Å². The number of carbonyl (C=O) groups excluding carboxylic acids is 2. The molecule has 0 spiro atoms. The van der Waals surface area contributed by atoms with Crippen LogP contribution in [-0.4, -0.2) is 30.3 Å². The number of carbonyl (C=O) groups is 2. The monoisotopic (exact) mass is 335 g/mol. The van der Waals surface area contributed by atoms with Crippen LogP contribution in [0.3, 0.4) is 0 Å². The zero-order valence-corrected chi connectivity index (χ0v) is 14.8. The molecule has 1 saturated carbocycles. The molecule has 23 heavy (non-hydrogen) atoms. The standard InChI is InChI=1S/C18H25NO3S/c1-12-6-4-5-7-16(12)19-17(20)13(2)22-18(21)14-8-10-15(23-3)11-9-14/h8-13,16H,4-7H2,1-3H3,(H,19,20)/t12-,13-,16+/m1/s1. The van der Waals surface area contributed by atoms with Crippen LogP contribution in [0.2, 0.25) is 0 Å². The maximum atomic E-state index is 12.2. The van der Waals surface area contributed by atoms with Crippen molar-refractivity contribution in [2.24, 2.45) is 5.92 Å². The van der Waals surface area contributed by atoms with E-state index in [9.17, 15) is 9.59 Å². The number of thioether (sulfide) groups is 1. The van der Waals surface area contributed by atoms with Gasteiger partial charge in [0.1, 0.15) is 0 Å². The molecule has 2 rings (SSSR count). The van der Waals surface area contributed by atoms with Gasteiger partial charge in [-0.25, -0.2) is 4.79 Å². The average Bonchev–Trinajstić information content (AvgIpc) is 2.56. The van der Waals surface area contributed by atoms with Crippen LogP contribution < -0.4 is 5.32 Å². The van der Waals surface area contributed by atoms with E-state index in [1.807, 2.05) is 18.4 Å². The minimum atomic E-state index is -0.781. The van der Waals surface area contributed by atoms with E-state index in [4.69, 9.17) is 4.74 Å². The highest BCUT2D eigenvalue weighted by Crippen LogP contribution is 2.24. The van der Waals surface area contributed by atoms with E-state index in [1.165, 1.54) is 6.42 Å².